The Hall–Kier alpha value is -1.30. The van der Waals surface area contributed by atoms with Gasteiger partial charge in [0.1, 0.15) is 5.60 Å². The normalized spacial score (nSPS) is 17.7. The van der Waals surface area contributed by atoms with Crippen LogP contribution in [0.4, 0.5) is 4.79 Å². The summed E-state index contributed by atoms with van der Waals surface area (Å²) in [4.78, 5) is 28.5. The maximum absolute atomic E-state index is 12.6. The van der Waals surface area contributed by atoms with Crippen LogP contribution in [-0.2, 0) is 9.53 Å². The zero-order valence-corrected chi connectivity index (χ0v) is 17.1. The molecule has 0 radical (unpaired) electrons. The topological polar surface area (TPSA) is 61.9 Å². The van der Waals surface area contributed by atoms with Crippen molar-refractivity contribution < 1.29 is 14.3 Å². The second-order valence-electron chi connectivity index (χ2n) is 8.84. The third-order valence-electron chi connectivity index (χ3n) is 4.21. The van der Waals surface area contributed by atoms with E-state index < -0.39 is 5.60 Å². The van der Waals surface area contributed by atoms with Gasteiger partial charge in [-0.25, -0.2) is 4.79 Å². The van der Waals surface area contributed by atoms with Crippen LogP contribution >= 0.6 is 0 Å². The molecule has 146 valence electrons. The van der Waals surface area contributed by atoms with E-state index in [1.807, 2.05) is 34.9 Å². The third kappa shape index (κ3) is 8.56. The molecule has 0 spiro atoms. The minimum Gasteiger partial charge on any atom is -0.444 e. The Morgan fingerprint density at radius 1 is 1.20 bits per heavy atom. The Morgan fingerprint density at radius 3 is 2.20 bits per heavy atom. The van der Waals surface area contributed by atoms with E-state index in [1.165, 1.54) is 0 Å². The number of piperidine rings is 1. The summed E-state index contributed by atoms with van der Waals surface area (Å²) in [6, 6.07) is 0.173. The highest BCUT2D eigenvalue weighted by Gasteiger charge is 2.30. The first kappa shape index (κ1) is 21.7. The molecule has 25 heavy (non-hydrogen) atoms. The number of amides is 2. The van der Waals surface area contributed by atoms with Gasteiger partial charge in [-0.3, -0.25) is 4.79 Å². The molecule has 1 fully saturated rings. The number of likely N-dealkylation sites (N-methyl/N-ethyl adjacent to an activating group) is 1. The summed E-state index contributed by atoms with van der Waals surface area (Å²) < 4.78 is 5.41. The van der Waals surface area contributed by atoms with Crippen molar-refractivity contribution in [3.05, 3.63) is 0 Å². The van der Waals surface area contributed by atoms with Crippen molar-refractivity contribution in [1.29, 1.82) is 0 Å². The first-order valence-corrected chi connectivity index (χ1v) is 9.41. The van der Waals surface area contributed by atoms with Crippen molar-refractivity contribution in [1.82, 2.24) is 15.1 Å². The van der Waals surface area contributed by atoms with E-state index in [-0.39, 0.29) is 24.0 Å². The molecular formula is C19H37N3O3. The van der Waals surface area contributed by atoms with Gasteiger partial charge in [-0.2, -0.15) is 0 Å². The Morgan fingerprint density at radius 2 is 1.76 bits per heavy atom. The minimum atomic E-state index is -0.485. The van der Waals surface area contributed by atoms with Crippen molar-refractivity contribution in [2.75, 3.05) is 33.7 Å². The number of ether oxygens (including phenoxy) is 1. The van der Waals surface area contributed by atoms with Crippen LogP contribution in [0.1, 0.15) is 53.9 Å². The maximum Gasteiger partial charge on any atom is 0.410 e. The van der Waals surface area contributed by atoms with Crippen LogP contribution in [0.3, 0.4) is 0 Å². The molecule has 1 saturated heterocycles. The zero-order valence-electron chi connectivity index (χ0n) is 17.1. The molecule has 1 rings (SSSR count). The second kappa shape index (κ2) is 9.41. The number of nitrogens with one attached hydrogen (secondary N) is 1. The highest BCUT2D eigenvalue weighted by Crippen LogP contribution is 2.20. The Balaban J connectivity index is 2.49. The fourth-order valence-corrected chi connectivity index (χ4v) is 3.16. The number of hydrogen-bond acceptors (Lipinski definition) is 4. The quantitative estimate of drug-likeness (QED) is 0.796. The van der Waals surface area contributed by atoms with E-state index in [2.05, 4.69) is 24.1 Å². The van der Waals surface area contributed by atoms with Crippen LogP contribution in [0.5, 0.6) is 0 Å². The van der Waals surface area contributed by atoms with E-state index in [1.54, 1.807) is 4.90 Å². The standard InChI is InChI=1S/C19H37N3O3/c1-14(2)12-16(13-21(6)7)20-17(23)15-8-10-22(11-9-15)18(24)25-19(3,4)5/h14-16H,8-13H2,1-7H3,(H,20,23)/t16-/m1/s1. The van der Waals surface area contributed by atoms with Crippen LogP contribution in [-0.4, -0.2) is 67.2 Å². The van der Waals surface area contributed by atoms with Gasteiger partial charge in [0.05, 0.1) is 0 Å². The Kier molecular flexibility index (Phi) is 8.19. The number of carbonyl (C=O) groups excluding carboxylic acids is 2. The highest BCUT2D eigenvalue weighted by molar-refractivity contribution is 5.79. The van der Waals surface area contributed by atoms with Crippen molar-refractivity contribution in [2.45, 2.75) is 65.5 Å². The average Bonchev–Trinajstić information content (AvgIpc) is 2.44. The summed E-state index contributed by atoms with van der Waals surface area (Å²) in [5, 5.41) is 3.22. The second-order valence-corrected chi connectivity index (χ2v) is 8.84. The van der Waals surface area contributed by atoms with E-state index in [4.69, 9.17) is 4.74 Å². The molecule has 0 saturated carbocycles. The van der Waals surface area contributed by atoms with E-state index in [0.29, 0.717) is 31.8 Å². The molecule has 1 heterocycles. The molecular weight excluding hydrogens is 318 g/mol. The Labute approximate surface area is 153 Å². The van der Waals surface area contributed by atoms with E-state index in [9.17, 15) is 9.59 Å². The number of hydrogen-bond donors (Lipinski definition) is 1. The lowest BCUT2D eigenvalue weighted by Gasteiger charge is -2.34. The number of rotatable bonds is 6. The zero-order chi connectivity index (χ0) is 19.2. The van der Waals surface area contributed by atoms with Crippen LogP contribution in [0.15, 0.2) is 0 Å². The minimum absolute atomic E-state index is 0.0180. The van der Waals surface area contributed by atoms with Gasteiger partial charge in [0.25, 0.3) is 0 Å². The van der Waals surface area contributed by atoms with Crippen LogP contribution in [0.2, 0.25) is 0 Å². The van der Waals surface area contributed by atoms with Gasteiger partial charge in [0.2, 0.25) is 5.91 Å². The number of carbonyl (C=O) groups is 2. The van der Waals surface area contributed by atoms with Crippen molar-refractivity contribution >= 4 is 12.0 Å². The fraction of sp³-hybridized carbons (Fsp3) is 0.895. The fourth-order valence-electron chi connectivity index (χ4n) is 3.16. The lowest BCUT2D eigenvalue weighted by molar-refractivity contribution is -0.127. The molecule has 1 aliphatic rings. The molecule has 1 atom stereocenters. The molecule has 0 aromatic rings. The first-order valence-electron chi connectivity index (χ1n) is 9.41. The van der Waals surface area contributed by atoms with Gasteiger partial charge in [-0.1, -0.05) is 13.8 Å². The van der Waals surface area contributed by atoms with Gasteiger partial charge in [-0.05, 0) is 60.0 Å². The van der Waals surface area contributed by atoms with Crippen LogP contribution in [0, 0.1) is 11.8 Å². The molecule has 0 aromatic carbocycles. The summed E-state index contributed by atoms with van der Waals surface area (Å²) >= 11 is 0. The number of nitrogens with zero attached hydrogens (tertiary/aromatic N) is 2. The van der Waals surface area contributed by atoms with Crippen molar-refractivity contribution in [2.24, 2.45) is 11.8 Å². The summed E-state index contributed by atoms with van der Waals surface area (Å²) in [6.45, 7) is 12.0. The monoisotopic (exact) mass is 355 g/mol. The maximum atomic E-state index is 12.6. The smallest absolute Gasteiger partial charge is 0.410 e. The molecule has 6 nitrogen and oxygen atoms in total. The van der Waals surface area contributed by atoms with Gasteiger partial charge < -0.3 is 19.9 Å². The van der Waals surface area contributed by atoms with Crippen LogP contribution in [0.25, 0.3) is 0 Å². The summed E-state index contributed by atoms with van der Waals surface area (Å²) in [5.74, 6) is 0.645. The molecule has 0 aromatic heterocycles. The summed E-state index contributed by atoms with van der Waals surface area (Å²) in [6.07, 6.45) is 2.08. The lowest BCUT2D eigenvalue weighted by Crippen LogP contribution is -2.48. The molecule has 6 heteroatoms. The van der Waals surface area contributed by atoms with Crippen molar-refractivity contribution in [3.63, 3.8) is 0 Å². The molecule has 1 aliphatic heterocycles. The SMILES string of the molecule is CC(C)C[C@H](CN(C)C)NC(=O)C1CCN(C(=O)OC(C)(C)C)CC1. The molecule has 2 amide bonds. The Bertz CT molecular complexity index is 426. The predicted octanol–water partition coefficient (Wildman–Crippen LogP) is 2.73. The predicted molar refractivity (Wildman–Crippen MR) is 100 cm³/mol. The van der Waals surface area contributed by atoms with Gasteiger partial charge in [0.15, 0.2) is 0 Å². The summed E-state index contributed by atoms with van der Waals surface area (Å²) in [7, 11) is 4.05. The van der Waals surface area contributed by atoms with Crippen molar-refractivity contribution in [3.8, 4) is 0 Å². The average molecular weight is 356 g/mol. The molecule has 0 bridgehead atoms. The molecule has 1 N–H and O–H groups in total. The lowest BCUT2D eigenvalue weighted by atomic mass is 9.95. The van der Waals surface area contributed by atoms with Gasteiger partial charge >= 0.3 is 6.09 Å². The number of likely N-dealkylation sites (tertiary alicyclic amines) is 1. The molecule has 0 aliphatic carbocycles. The largest absolute Gasteiger partial charge is 0.444 e. The third-order valence-corrected chi connectivity index (χ3v) is 4.21. The van der Waals surface area contributed by atoms with E-state index >= 15 is 0 Å². The summed E-state index contributed by atoms with van der Waals surface area (Å²) in [5.41, 5.74) is -0.485. The first-order chi connectivity index (χ1) is 11.5. The van der Waals surface area contributed by atoms with E-state index in [0.717, 1.165) is 13.0 Å². The highest BCUT2D eigenvalue weighted by atomic mass is 16.6. The van der Waals surface area contributed by atoms with Gasteiger partial charge in [0, 0.05) is 31.6 Å². The van der Waals surface area contributed by atoms with Crippen LogP contribution < -0.4 is 5.32 Å². The molecule has 0 unspecified atom stereocenters. The van der Waals surface area contributed by atoms with Gasteiger partial charge in [-0.15, -0.1) is 0 Å².